The van der Waals surface area contributed by atoms with Gasteiger partial charge >= 0.3 is 6.01 Å². The molecule has 0 saturated carbocycles. The summed E-state index contributed by atoms with van der Waals surface area (Å²) in [6.07, 6.45) is 3.07. The van der Waals surface area contributed by atoms with Crippen molar-refractivity contribution < 1.29 is 18.6 Å². The highest BCUT2D eigenvalue weighted by Crippen LogP contribution is 2.41. The summed E-state index contributed by atoms with van der Waals surface area (Å²) in [4.78, 5) is 15.8. The second kappa shape index (κ2) is 8.50. The van der Waals surface area contributed by atoms with Crippen LogP contribution in [-0.4, -0.2) is 87.7 Å². The topological polar surface area (TPSA) is 65.0 Å². The van der Waals surface area contributed by atoms with Gasteiger partial charge in [0.1, 0.15) is 30.3 Å². The molecule has 4 aliphatic heterocycles. The molecule has 5 atom stereocenters. The number of anilines is 1. The molecule has 6 rings (SSSR count). The Kier molecular flexibility index (Phi) is 5.70. The van der Waals surface area contributed by atoms with Crippen LogP contribution in [-0.2, 0) is 0 Å². The monoisotopic (exact) mass is 537 g/mol. The molecule has 4 fully saturated rings. The summed E-state index contributed by atoms with van der Waals surface area (Å²) >= 11 is 3.28. The first kappa shape index (κ1) is 22.8. The average Bonchev–Trinajstić information content (AvgIpc) is 3.42. The van der Waals surface area contributed by atoms with Crippen molar-refractivity contribution in [2.24, 2.45) is 0 Å². The van der Waals surface area contributed by atoms with Crippen molar-refractivity contribution in [3.05, 3.63) is 22.4 Å². The second-order valence-corrected chi connectivity index (χ2v) is 11.2. The fourth-order valence-corrected chi connectivity index (χ4v) is 7.09. The number of benzene rings is 1. The van der Waals surface area contributed by atoms with Gasteiger partial charge in [-0.05, 0) is 67.2 Å². The molecule has 4 aliphatic rings. The number of fused-ring (bicyclic) bond motifs is 4. The van der Waals surface area contributed by atoms with E-state index in [4.69, 9.17) is 9.72 Å². The molecule has 0 radical (unpaired) electrons. The standard InChI is InChI=1S/C24H30BrF2N5O2/c1-14(33)32-16-3-4-17(32)12-30(11-16)22-18-5-6-19(25)20(27)21(18)28-23(29-22)34-13-24-7-2-8-31(24)10-15(26)9-24/h5-6,14-17,33H,2-4,7-13H2,1H3/t14?,15-,16?,17?,24+/m1/s1. The Morgan fingerprint density at radius 1 is 1.24 bits per heavy atom. The van der Waals surface area contributed by atoms with Gasteiger partial charge in [0.2, 0.25) is 0 Å². The Bertz CT molecular complexity index is 1090. The van der Waals surface area contributed by atoms with Gasteiger partial charge in [-0.3, -0.25) is 9.80 Å². The summed E-state index contributed by atoms with van der Waals surface area (Å²) < 4.78 is 35.8. The number of rotatable bonds is 5. The van der Waals surface area contributed by atoms with Crippen LogP contribution < -0.4 is 9.64 Å². The zero-order valence-corrected chi connectivity index (χ0v) is 20.8. The zero-order valence-electron chi connectivity index (χ0n) is 19.3. The van der Waals surface area contributed by atoms with Crippen LogP contribution >= 0.6 is 15.9 Å². The highest BCUT2D eigenvalue weighted by atomic mass is 79.9. The minimum Gasteiger partial charge on any atom is -0.461 e. The summed E-state index contributed by atoms with van der Waals surface area (Å²) in [5, 5.41) is 10.9. The Balaban J connectivity index is 1.34. The quantitative estimate of drug-likeness (QED) is 0.626. The summed E-state index contributed by atoms with van der Waals surface area (Å²) in [5.41, 5.74) is -0.106. The lowest BCUT2D eigenvalue weighted by Crippen LogP contribution is -2.56. The van der Waals surface area contributed by atoms with E-state index in [1.54, 1.807) is 6.07 Å². The van der Waals surface area contributed by atoms with Gasteiger partial charge in [0.25, 0.3) is 0 Å². The molecule has 184 valence electrons. The van der Waals surface area contributed by atoms with E-state index in [2.05, 4.69) is 35.6 Å². The molecule has 0 aliphatic carbocycles. The molecule has 7 nitrogen and oxygen atoms in total. The Labute approximate surface area is 206 Å². The van der Waals surface area contributed by atoms with Crippen molar-refractivity contribution in [3.63, 3.8) is 0 Å². The Morgan fingerprint density at radius 2 is 2.00 bits per heavy atom. The van der Waals surface area contributed by atoms with E-state index in [9.17, 15) is 9.50 Å². The minimum absolute atomic E-state index is 0.133. The number of aromatic nitrogens is 2. The maximum Gasteiger partial charge on any atom is 0.319 e. The molecule has 2 bridgehead atoms. The lowest BCUT2D eigenvalue weighted by molar-refractivity contribution is -0.0226. The van der Waals surface area contributed by atoms with Crippen LogP contribution in [0, 0.1) is 5.82 Å². The molecule has 5 heterocycles. The van der Waals surface area contributed by atoms with Gasteiger partial charge in [0, 0.05) is 43.5 Å². The van der Waals surface area contributed by atoms with Crippen LogP contribution in [0.2, 0.25) is 0 Å². The minimum atomic E-state index is -0.842. The molecular formula is C24H30BrF2N5O2. The molecule has 0 spiro atoms. The van der Waals surface area contributed by atoms with Crippen LogP contribution in [0.3, 0.4) is 0 Å². The third-order valence-electron chi connectivity index (χ3n) is 8.22. The predicted molar refractivity (Wildman–Crippen MR) is 128 cm³/mol. The number of hydrogen-bond acceptors (Lipinski definition) is 7. The van der Waals surface area contributed by atoms with Gasteiger partial charge in [-0.1, -0.05) is 0 Å². The smallest absolute Gasteiger partial charge is 0.319 e. The SMILES string of the molecule is CC(O)N1C2CCC1CN(c1nc(OC[C@@]34CCCN3C[C@H](F)C4)nc3c(F)c(Br)ccc13)C2. The Hall–Kier alpha value is -1.62. The van der Waals surface area contributed by atoms with Crippen molar-refractivity contribution in [2.45, 2.75) is 69.1 Å². The number of aliphatic hydroxyl groups is 1. The maximum absolute atomic E-state index is 15.2. The number of piperazine rings is 1. The molecule has 10 heteroatoms. The van der Waals surface area contributed by atoms with Crippen molar-refractivity contribution in [3.8, 4) is 6.01 Å². The van der Waals surface area contributed by atoms with Crippen LogP contribution in [0.25, 0.3) is 10.9 Å². The second-order valence-electron chi connectivity index (χ2n) is 10.3. The highest BCUT2D eigenvalue weighted by Gasteiger charge is 2.49. The Morgan fingerprint density at radius 3 is 2.74 bits per heavy atom. The fraction of sp³-hybridized carbons (Fsp3) is 0.667. The van der Waals surface area contributed by atoms with E-state index >= 15 is 4.39 Å². The van der Waals surface area contributed by atoms with Crippen molar-refractivity contribution in [1.29, 1.82) is 0 Å². The molecular weight excluding hydrogens is 508 g/mol. The van der Waals surface area contributed by atoms with Crippen molar-refractivity contribution >= 4 is 32.7 Å². The zero-order chi connectivity index (χ0) is 23.6. The molecule has 34 heavy (non-hydrogen) atoms. The first-order valence-corrected chi connectivity index (χ1v) is 13.0. The molecule has 1 aromatic carbocycles. The van der Waals surface area contributed by atoms with E-state index < -0.39 is 18.2 Å². The van der Waals surface area contributed by atoms with Gasteiger partial charge in [-0.2, -0.15) is 9.97 Å². The molecule has 3 unspecified atom stereocenters. The molecule has 4 saturated heterocycles. The number of aliphatic hydroxyl groups excluding tert-OH is 1. The van der Waals surface area contributed by atoms with E-state index in [1.165, 1.54) is 0 Å². The first-order valence-electron chi connectivity index (χ1n) is 12.2. The molecule has 1 aromatic heterocycles. The third-order valence-corrected chi connectivity index (χ3v) is 8.83. The largest absolute Gasteiger partial charge is 0.461 e. The third kappa shape index (κ3) is 3.68. The van der Waals surface area contributed by atoms with Crippen LogP contribution in [0.15, 0.2) is 16.6 Å². The first-order chi connectivity index (χ1) is 16.3. The summed E-state index contributed by atoms with van der Waals surface area (Å²) in [5.74, 6) is 0.214. The number of nitrogens with zero attached hydrogens (tertiary/aromatic N) is 5. The molecule has 1 N–H and O–H groups in total. The average molecular weight is 538 g/mol. The van der Waals surface area contributed by atoms with E-state index in [0.717, 1.165) is 32.2 Å². The lowest BCUT2D eigenvalue weighted by Gasteiger charge is -2.43. The van der Waals surface area contributed by atoms with Crippen LogP contribution in [0.5, 0.6) is 6.01 Å². The number of ether oxygens (including phenoxy) is 1. The normalized spacial score (nSPS) is 32.5. The van der Waals surface area contributed by atoms with Crippen LogP contribution in [0.1, 0.15) is 39.0 Å². The van der Waals surface area contributed by atoms with E-state index in [0.29, 0.717) is 48.3 Å². The van der Waals surface area contributed by atoms with Gasteiger partial charge < -0.3 is 14.7 Å². The maximum atomic E-state index is 15.2. The van der Waals surface area contributed by atoms with E-state index in [-0.39, 0.29) is 29.1 Å². The summed E-state index contributed by atoms with van der Waals surface area (Å²) in [6, 6.07) is 4.10. The molecule has 0 amide bonds. The van der Waals surface area contributed by atoms with Gasteiger partial charge in [0.05, 0.1) is 10.0 Å². The van der Waals surface area contributed by atoms with Crippen molar-refractivity contribution in [2.75, 3.05) is 37.7 Å². The number of halogens is 3. The van der Waals surface area contributed by atoms with Gasteiger partial charge in [-0.15, -0.1) is 0 Å². The van der Waals surface area contributed by atoms with Gasteiger partial charge in [-0.25, -0.2) is 8.78 Å². The van der Waals surface area contributed by atoms with E-state index in [1.807, 2.05) is 13.0 Å². The van der Waals surface area contributed by atoms with Gasteiger partial charge in [0.15, 0.2) is 5.82 Å². The summed E-state index contributed by atoms with van der Waals surface area (Å²) in [7, 11) is 0. The van der Waals surface area contributed by atoms with Crippen molar-refractivity contribution in [1.82, 2.24) is 19.8 Å². The summed E-state index contributed by atoms with van der Waals surface area (Å²) in [6.45, 7) is 4.85. The lowest BCUT2D eigenvalue weighted by atomic mass is 9.95. The van der Waals surface area contributed by atoms with Crippen LogP contribution in [0.4, 0.5) is 14.6 Å². The molecule has 2 aromatic rings. The number of hydrogen-bond donors (Lipinski definition) is 1. The number of alkyl halides is 1. The fourth-order valence-electron chi connectivity index (χ4n) is 6.77. The highest BCUT2D eigenvalue weighted by molar-refractivity contribution is 9.10. The predicted octanol–water partition coefficient (Wildman–Crippen LogP) is 3.48.